The van der Waals surface area contributed by atoms with Crippen LogP contribution in [0.2, 0.25) is 0 Å². The minimum absolute atomic E-state index is 0.807. The van der Waals surface area contributed by atoms with Crippen LogP contribution in [-0.4, -0.2) is 10.7 Å². The highest BCUT2D eigenvalue weighted by Crippen LogP contribution is 2.20. The van der Waals surface area contributed by atoms with Crippen molar-refractivity contribution in [2.75, 3.05) is 5.43 Å². The van der Waals surface area contributed by atoms with E-state index in [2.05, 4.69) is 41.5 Å². The number of pyridine rings is 1. The number of nitrogens with zero attached hydrogens (tertiary/aromatic N) is 2. The summed E-state index contributed by atoms with van der Waals surface area (Å²) < 4.78 is 0. The number of nitrogens with one attached hydrogen (secondary N) is 1. The third-order valence-electron chi connectivity index (χ3n) is 3.43. The summed E-state index contributed by atoms with van der Waals surface area (Å²) in [5, 5.41) is 5.61. The maximum Gasteiger partial charge on any atom is 0.147 e. The van der Waals surface area contributed by atoms with Gasteiger partial charge in [-0.1, -0.05) is 23.8 Å². The number of allylic oxidation sites excluding steroid dienone is 2. The van der Waals surface area contributed by atoms with E-state index in [-0.39, 0.29) is 0 Å². The van der Waals surface area contributed by atoms with Gasteiger partial charge in [-0.05, 0) is 50.5 Å². The van der Waals surface area contributed by atoms with Crippen molar-refractivity contribution in [2.24, 2.45) is 5.10 Å². The van der Waals surface area contributed by atoms with E-state index in [1.54, 1.807) is 0 Å². The Balaban J connectivity index is 1.90. The molecule has 3 nitrogen and oxygen atoms in total. The summed E-state index contributed by atoms with van der Waals surface area (Å²) in [4.78, 5) is 4.58. The van der Waals surface area contributed by atoms with Gasteiger partial charge in [-0.25, -0.2) is 4.98 Å². The first kappa shape index (κ1) is 11.9. The second-order valence-electron chi connectivity index (χ2n) is 5.05. The molecule has 3 rings (SSSR count). The monoisotopic (exact) mass is 251 g/mol. The van der Waals surface area contributed by atoms with Crippen molar-refractivity contribution in [3.05, 3.63) is 47.5 Å². The van der Waals surface area contributed by atoms with Gasteiger partial charge in [0, 0.05) is 5.39 Å². The van der Waals surface area contributed by atoms with E-state index >= 15 is 0 Å². The molecule has 0 saturated heterocycles. The van der Waals surface area contributed by atoms with Crippen LogP contribution < -0.4 is 5.43 Å². The molecule has 0 spiro atoms. The summed E-state index contributed by atoms with van der Waals surface area (Å²) in [5.74, 6) is 0.807. The molecule has 0 aliphatic heterocycles. The number of rotatable bonds is 2. The van der Waals surface area contributed by atoms with E-state index in [9.17, 15) is 0 Å². The lowest BCUT2D eigenvalue weighted by molar-refractivity contribution is 1.05. The van der Waals surface area contributed by atoms with Gasteiger partial charge in [-0.2, -0.15) is 5.10 Å². The molecular weight excluding hydrogens is 234 g/mol. The van der Waals surface area contributed by atoms with Crippen molar-refractivity contribution in [3.63, 3.8) is 0 Å². The molecule has 0 radical (unpaired) electrons. The molecule has 0 unspecified atom stereocenters. The lowest BCUT2D eigenvalue weighted by atomic mass is 10.1. The highest BCUT2D eigenvalue weighted by molar-refractivity contribution is 5.98. The number of para-hydroxylation sites is 1. The van der Waals surface area contributed by atoms with Gasteiger partial charge in [0.05, 0.1) is 11.2 Å². The van der Waals surface area contributed by atoms with Crippen molar-refractivity contribution in [2.45, 2.75) is 26.7 Å². The first-order chi connectivity index (χ1) is 9.22. The number of benzene rings is 1. The van der Waals surface area contributed by atoms with Gasteiger partial charge >= 0.3 is 0 Å². The second kappa shape index (κ2) is 4.84. The van der Waals surface area contributed by atoms with E-state index in [0.717, 1.165) is 29.9 Å². The zero-order valence-electron chi connectivity index (χ0n) is 11.3. The maximum absolute atomic E-state index is 4.58. The van der Waals surface area contributed by atoms with Crippen LogP contribution in [0.15, 0.2) is 47.1 Å². The fourth-order valence-corrected chi connectivity index (χ4v) is 2.38. The van der Waals surface area contributed by atoms with Gasteiger partial charge in [-0.3, -0.25) is 5.43 Å². The Bertz CT molecular complexity index is 683. The number of hydrogen-bond donors (Lipinski definition) is 1. The van der Waals surface area contributed by atoms with E-state index in [4.69, 9.17) is 0 Å². The second-order valence-corrected chi connectivity index (χ2v) is 5.05. The number of hydrogen-bond acceptors (Lipinski definition) is 3. The van der Waals surface area contributed by atoms with Gasteiger partial charge in [0.1, 0.15) is 5.82 Å². The van der Waals surface area contributed by atoms with Crippen molar-refractivity contribution >= 4 is 22.4 Å². The SMILES string of the molecule is CC1=C/C(=N\Nc2cc(C)c3ccccc3n2)CC1. The molecule has 3 heteroatoms. The van der Waals surface area contributed by atoms with Gasteiger partial charge in [0.15, 0.2) is 0 Å². The Morgan fingerprint density at radius 3 is 2.79 bits per heavy atom. The van der Waals surface area contributed by atoms with Crippen molar-refractivity contribution in [1.82, 2.24) is 4.98 Å². The van der Waals surface area contributed by atoms with Crippen LogP contribution in [-0.2, 0) is 0 Å². The van der Waals surface area contributed by atoms with E-state index in [1.165, 1.54) is 16.5 Å². The number of fused-ring (bicyclic) bond motifs is 1. The van der Waals surface area contributed by atoms with Crippen LogP contribution in [0.4, 0.5) is 5.82 Å². The molecular formula is C16H17N3. The molecule has 0 bridgehead atoms. The maximum atomic E-state index is 4.58. The molecule has 96 valence electrons. The number of anilines is 1. The molecule has 0 atom stereocenters. The predicted molar refractivity (Wildman–Crippen MR) is 80.5 cm³/mol. The zero-order chi connectivity index (χ0) is 13.2. The van der Waals surface area contributed by atoms with Crippen molar-refractivity contribution in [1.29, 1.82) is 0 Å². The van der Waals surface area contributed by atoms with Crippen LogP contribution in [0.1, 0.15) is 25.3 Å². The fourth-order valence-electron chi connectivity index (χ4n) is 2.38. The van der Waals surface area contributed by atoms with Crippen molar-refractivity contribution in [3.8, 4) is 0 Å². The van der Waals surface area contributed by atoms with Gasteiger partial charge in [0.2, 0.25) is 0 Å². The Kier molecular flexibility index (Phi) is 3.03. The minimum Gasteiger partial charge on any atom is -0.261 e. The third-order valence-corrected chi connectivity index (χ3v) is 3.43. The first-order valence-corrected chi connectivity index (χ1v) is 6.58. The summed E-state index contributed by atoms with van der Waals surface area (Å²) in [7, 11) is 0. The summed E-state index contributed by atoms with van der Waals surface area (Å²) in [6, 6.07) is 10.2. The lowest BCUT2D eigenvalue weighted by Gasteiger charge is -2.06. The highest BCUT2D eigenvalue weighted by atomic mass is 15.3. The Hall–Kier alpha value is -2.16. The quantitative estimate of drug-likeness (QED) is 0.817. The molecule has 1 aliphatic carbocycles. The van der Waals surface area contributed by atoms with Gasteiger partial charge in [-0.15, -0.1) is 0 Å². The average Bonchev–Trinajstić information content (AvgIpc) is 2.82. The van der Waals surface area contributed by atoms with Crippen LogP contribution in [0.25, 0.3) is 10.9 Å². The topological polar surface area (TPSA) is 37.3 Å². The average molecular weight is 251 g/mol. The third kappa shape index (κ3) is 2.50. The zero-order valence-corrected chi connectivity index (χ0v) is 11.3. The standard InChI is InChI=1S/C16H17N3/c1-11-7-8-13(9-11)18-19-16-10-12(2)14-5-3-4-6-15(14)17-16/h3-6,9-10H,7-8H2,1-2H3,(H,17,19)/b18-13-. The van der Waals surface area contributed by atoms with Gasteiger partial charge < -0.3 is 0 Å². The number of aromatic nitrogens is 1. The minimum atomic E-state index is 0.807. The predicted octanol–water partition coefficient (Wildman–Crippen LogP) is 4.05. The van der Waals surface area contributed by atoms with Gasteiger partial charge in [0.25, 0.3) is 0 Å². The van der Waals surface area contributed by atoms with Crippen LogP contribution in [0.5, 0.6) is 0 Å². The summed E-state index contributed by atoms with van der Waals surface area (Å²) in [6.45, 7) is 4.24. The van der Waals surface area contributed by atoms with E-state index in [1.807, 2.05) is 24.3 Å². The molecule has 1 aliphatic rings. The van der Waals surface area contributed by atoms with Crippen molar-refractivity contribution < 1.29 is 0 Å². The molecule has 0 amide bonds. The summed E-state index contributed by atoms with van der Waals surface area (Å²) >= 11 is 0. The first-order valence-electron chi connectivity index (χ1n) is 6.58. The Morgan fingerprint density at radius 2 is 2.00 bits per heavy atom. The summed E-state index contributed by atoms with van der Waals surface area (Å²) in [6.07, 6.45) is 4.27. The number of hydrazone groups is 1. The lowest BCUT2D eigenvalue weighted by Crippen LogP contribution is -1.98. The molecule has 1 aromatic carbocycles. The highest BCUT2D eigenvalue weighted by Gasteiger charge is 2.07. The van der Waals surface area contributed by atoms with Crippen LogP contribution >= 0.6 is 0 Å². The van der Waals surface area contributed by atoms with E-state index in [0.29, 0.717) is 0 Å². The Morgan fingerprint density at radius 1 is 1.16 bits per heavy atom. The van der Waals surface area contributed by atoms with Crippen LogP contribution in [0.3, 0.4) is 0 Å². The number of aryl methyl sites for hydroxylation is 1. The largest absolute Gasteiger partial charge is 0.261 e. The smallest absolute Gasteiger partial charge is 0.147 e. The molecule has 2 aromatic rings. The Labute approximate surface area is 113 Å². The molecule has 1 aromatic heterocycles. The molecule has 0 fully saturated rings. The van der Waals surface area contributed by atoms with Crippen LogP contribution in [0, 0.1) is 6.92 Å². The molecule has 1 N–H and O–H groups in total. The molecule has 19 heavy (non-hydrogen) atoms. The molecule has 1 heterocycles. The summed E-state index contributed by atoms with van der Waals surface area (Å²) in [5.41, 5.74) is 7.78. The fraction of sp³-hybridized carbons (Fsp3) is 0.250. The molecule has 0 saturated carbocycles. The normalized spacial score (nSPS) is 16.9. The van der Waals surface area contributed by atoms with E-state index < -0.39 is 0 Å².